The molecule has 2 heterocycles. The van der Waals surface area contributed by atoms with Crippen molar-refractivity contribution in [3.63, 3.8) is 0 Å². The number of halogens is 1. The lowest BCUT2D eigenvalue weighted by Gasteiger charge is -2.15. The molecule has 2 atom stereocenters. The predicted molar refractivity (Wildman–Crippen MR) is 83.8 cm³/mol. The summed E-state index contributed by atoms with van der Waals surface area (Å²) in [6.07, 6.45) is 0.661. The van der Waals surface area contributed by atoms with Crippen molar-refractivity contribution in [1.82, 2.24) is 10.6 Å². The van der Waals surface area contributed by atoms with Crippen LogP contribution in [-0.4, -0.2) is 44.1 Å². The molecule has 2 aliphatic rings. The molecule has 1 fully saturated rings. The van der Waals surface area contributed by atoms with E-state index in [1.807, 2.05) is 6.07 Å². The molecular weight excluding hydrogens is 336 g/mol. The minimum Gasteiger partial charge on any atom is -0.490 e. The van der Waals surface area contributed by atoms with Crippen molar-refractivity contribution in [1.29, 1.82) is 0 Å². The molecule has 1 aromatic rings. The maximum atomic E-state index is 9.77. The molecule has 3 rings (SSSR count). The van der Waals surface area contributed by atoms with Crippen LogP contribution in [0, 0.1) is 5.92 Å². The highest BCUT2D eigenvalue weighted by atomic mass is 79.9. The molecule has 0 bridgehead atoms. The van der Waals surface area contributed by atoms with Crippen molar-refractivity contribution < 1.29 is 14.6 Å². The number of hydrogen-bond acceptors (Lipinski definition) is 5. The standard InChI is InChI=1S/C15H21BrN2O3/c16-12-4-10(5-14-15(12)21-3-1-2-20-14)6-17-7-11-8-18-9-13(11)19/h4-5,11,13,17-19H,1-3,6-9H2. The third kappa shape index (κ3) is 3.69. The molecule has 5 nitrogen and oxygen atoms in total. The summed E-state index contributed by atoms with van der Waals surface area (Å²) in [6.45, 7) is 4.51. The fourth-order valence-corrected chi connectivity index (χ4v) is 3.32. The molecule has 0 radical (unpaired) electrons. The van der Waals surface area contributed by atoms with Gasteiger partial charge in [0.25, 0.3) is 0 Å². The van der Waals surface area contributed by atoms with Crippen LogP contribution in [0.3, 0.4) is 0 Å². The lowest BCUT2D eigenvalue weighted by atomic mass is 10.1. The van der Waals surface area contributed by atoms with E-state index >= 15 is 0 Å². The van der Waals surface area contributed by atoms with E-state index in [1.54, 1.807) is 0 Å². The molecule has 0 spiro atoms. The number of aliphatic hydroxyl groups excluding tert-OH is 1. The van der Waals surface area contributed by atoms with Crippen LogP contribution in [0.15, 0.2) is 16.6 Å². The molecule has 0 aliphatic carbocycles. The molecule has 3 N–H and O–H groups in total. The summed E-state index contributed by atoms with van der Waals surface area (Å²) in [6, 6.07) is 4.09. The first kappa shape index (κ1) is 15.1. The molecule has 0 aromatic heterocycles. The van der Waals surface area contributed by atoms with Gasteiger partial charge in [-0.05, 0) is 33.6 Å². The van der Waals surface area contributed by atoms with E-state index < -0.39 is 0 Å². The SMILES string of the molecule is OC1CNCC1CNCc1cc(Br)c2c(c1)OCCCO2. The topological polar surface area (TPSA) is 62.8 Å². The van der Waals surface area contributed by atoms with Crippen molar-refractivity contribution in [2.24, 2.45) is 5.92 Å². The second kappa shape index (κ2) is 6.96. The Morgan fingerprint density at radius 2 is 2.14 bits per heavy atom. The van der Waals surface area contributed by atoms with Crippen LogP contribution < -0.4 is 20.1 Å². The van der Waals surface area contributed by atoms with Gasteiger partial charge in [0.05, 0.1) is 23.8 Å². The van der Waals surface area contributed by atoms with Gasteiger partial charge in [-0.25, -0.2) is 0 Å². The zero-order chi connectivity index (χ0) is 14.7. The summed E-state index contributed by atoms with van der Waals surface area (Å²) in [7, 11) is 0. The summed E-state index contributed by atoms with van der Waals surface area (Å²) in [5.74, 6) is 1.89. The Hall–Kier alpha value is -0.820. The second-order valence-corrected chi connectivity index (χ2v) is 6.43. The Morgan fingerprint density at radius 1 is 1.29 bits per heavy atom. The van der Waals surface area contributed by atoms with Gasteiger partial charge in [-0.3, -0.25) is 0 Å². The monoisotopic (exact) mass is 356 g/mol. The number of ether oxygens (including phenoxy) is 2. The molecule has 1 aromatic carbocycles. The van der Waals surface area contributed by atoms with Gasteiger partial charge in [-0.2, -0.15) is 0 Å². The van der Waals surface area contributed by atoms with Gasteiger partial charge in [0.1, 0.15) is 0 Å². The van der Waals surface area contributed by atoms with Gasteiger partial charge < -0.3 is 25.2 Å². The van der Waals surface area contributed by atoms with Gasteiger partial charge in [-0.1, -0.05) is 0 Å². The lowest BCUT2D eigenvalue weighted by molar-refractivity contribution is 0.146. The van der Waals surface area contributed by atoms with Gasteiger partial charge in [0, 0.05) is 38.5 Å². The molecular formula is C15H21BrN2O3. The van der Waals surface area contributed by atoms with Crippen LogP contribution in [0.25, 0.3) is 0 Å². The third-order valence-corrected chi connectivity index (χ3v) is 4.49. The van der Waals surface area contributed by atoms with E-state index in [9.17, 15) is 5.11 Å². The van der Waals surface area contributed by atoms with Crippen LogP contribution in [-0.2, 0) is 6.54 Å². The van der Waals surface area contributed by atoms with Crippen LogP contribution >= 0.6 is 15.9 Å². The lowest BCUT2D eigenvalue weighted by Crippen LogP contribution is -2.30. The van der Waals surface area contributed by atoms with E-state index in [4.69, 9.17) is 9.47 Å². The van der Waals surface area contributed by atoms with E-state index in [2.05, 4.69) is 32.6 Å². The first-order valence-electron chi connectivity index (χ1n) is 7.41. The minimum absolute atomic E-state index is 0.243. The number of hydrogen-bond donors (Lipinski definition) is 3. The normalized spacial score (nSPS) is 24.9. The predicted octanol–water partition coefficient (Wildman–Crippen LogP) is 1.28. The Morgan fingerprint density at radius 3 is 2.95 bits per heavy atom. The van der Waals surface area contributed by atoms with Crippen LogP contribution in [0.4, 0.5) is 0 Å². The number of β-amino-alcohol motifs (C(OH)–C–C–N with tert-alkyl or cyclic N) is 1. The first-order valence-corrected chi connectivity index (χ1v) is 8.21. The summed E-state index contributed by atoms with van der Waals surface area (Å²) in [5.41, 5.74) is 1.14. The van der Waals surface area contributed by atoms with E-state index in [0.29, 0.717) is 19.8 Å². The molecule has 21 heavy (non-hydrogen) atoms. The highest BCUT2D eigenvalue weighted by molar-refractivity contribution is 9.10. The van der Waals surface area contributed by atoms with Gasteiger partial charge >= 0.3 is 0 Å². The van der Waals surface area contributed by atoms with Crippen molar-refractivity contribution >= 4 is 15.9 Å². The number of aliphatic hydroxyl groups is 1. The minimum atomic E-state index is -0.243. The Balaban J connectivity index is 1.60. The van der Waals surface area contributed by atoms with Crippen LogP contribution in [0.1, 0.15) is 12.0 Å². The largest absolute Gasteiger partial charge is 0.490 e. The molecule has 6 heteroatoms. The molecule has 1 saturated heterocycles. The molecule has 116 valence electrons. The quantitative estimate of drug-likeness (QED) is 0.758. The first-order chi connectivity index (χ1) is 10.2. The highest BCUT2D eigenvalue weighted by Crippen LogP contribution is 2.38. The fourth-order valence-electron chi connectivity index (χ4n) is 2.72. The number of rotatable bonds is 4. The van der Waals surface area contributed by atoms with Crippen molar-refractivity contribution in [3.8, 4) is 11.5 Å². The number of nitrogens with one attached hydrogen (secondary N) is 2. The average Bonchev–Trinajstić information content (AvgIpc) is 2.73. The molecule has 0 amide bonds. The third-order valence-electron chi connectivity index (χ3n) is 3.90. The Kier molecular flexibility index (Phi) is 5.00. The second-order valence-electron chi connectivity index (χ2n) is 5.57. The summed E-state index contributed by atoms with van der Waals surface area (Å²) in [5, 5.41) is 16.4. The number of benzene rings is 1. The molecule has 2 unspecified atom stereocenters. The Bertz CT molecular complexity index is 498. The van der Waals surface area contributed by atoms with Crippen LogP contribution in [0.5, 0.6) is 11.5 Å². The summed E-state index contributed by atoms with van der Waals surface area (Å²) >= 11 is 3.55. The molecule has 0 saturated carbocycles. The summed E-state index contributed by atoms with van der Waals surface area (Å²) < 4.78 is 12.4. The maximum absolute atomic E-state index is 9.77. The van der Waals surface area contributed by atoms with Crippen molar-refractivity contribution in [3.05, 3.63) is 22.2 Å². The van der Waals surface area contributed by atoms with Crippen LogP contribution in [0.2, 0.25) is 0 Å². The van der Waals surface area contributed by atoms with Gasteiger partial charge in [-0.15, -0.1) is 0 Å². The number of fused-ring (bicyclic) bond motifs is 1. The van der Waals surface area contributed by atoms with E-state index in [1.165, 1.54) is 0 Å². The maximum Gasteiger partial charge on any atom is 0.175 e. The zero-order valence-corrected chi connectivity index (χ0v) is 13.5. The van der Waals surface area contributed by atoms with E-state index in [-0.39, 0.29) is 12.0 Å². The summed E-state index contributed by atoms with van der Waals surface area (Å²) in [4.78, 5) is 0. The highest BCUT2D eigenvalue weighted by Gasteiger charge is 2.24. The van der Waals surface area contributed by atoms with E-state index in [0.717, 1.165) is 47.6 Å². The molecule has 2 aliphatic heterocycles. The van der Waals surface area contributed by atoms with Gasteiger partial charge in [0.15, 0.2) is 11.5 Å². The fraction of sp³-hybridized carbons (Fsp3) is 0.600. The smallest absolute Gasteiger partial charge is 0.175 e. The van der Waals surface area contributed by atoms with Crippen molar-refractivity contribution in [2.45, 2.75) is 19.1 Å². The van der Waals surface area contributed by atoms with Crippen molar-refractivity contribution in [2.75, 3.05) is 32.8 Å². The van der Waals surface area contributed by atoms with Gasteiger partial charge in [0.2, 0.25) is 0 Å². The Labute approximate surface area is 133 Å². The average molecular weight is 357 g/mol. The zero-order valence-electron chi connectivity index (χ0n) is 11.9.